The Morgan fingerprint density at radius 2 is 1.86 bits per heavy atom. The maximum Gasteiger partial charge on any atom is 0.415 e. The summed E-state index contributed by atoms with van der Waals surface area (Å²) >= 11 is 0. The molecule has 0 aliphatic carbocycles. The van der Waals surface area contributed by atoms with E-state index in [1.54, 1.807) is 27.7 Å². The summed E-state index contributed by atoms with van der Waals surface area (Å²) in [6, 6.07) is 6.42. The van der Waals surface area contributed by atoms with Gasteiger partial charge in [-0.3, -0.25) is 9.69 Å². The topological polar surface area (TPSA) is 88.9 Å². The lowest BCUT2D eigenvalue weighted by Gasteiger charge is -2.26. The van der Waals surface area contributed by atoms with Crippen molar-refractivity contribution in [1.82, 2.24) is 4.98 Å². The van der Waals surface area contributed by atoms with Gasteiger partial charge in [0.2, 0.25) is 0 Å². The summed E-state index contributed by atoms with van der Waals surface area (Å²) in [5.41, 5.74) is -0.256. The van der Waals surface area contributed by atoms with Gasteiger partial charge < -0.3 is 4.74 Å². The van der Waals surface area contributed by atoms with E-state index in [4.69, 9.17) is 4.74 Å². The lowest BCUT2D eigenvalue weighted by atomic mass is 9.99. The zero-order valence-electron chi connectivity index (χ0n) is 16.2. The van der Waals surface area contributed by atoms with Crippen molar-refractivity contribution in [2.75, 3.05) is 11.4 Å². The number of aromatic nitrogens is 1. The average molecular weight is 387 g/mol. The lowest BCUT2D eigenvalue weighted by Crippen LogP contribution is -2.37. The van der Waals surface area contributed by atoms with Crippen molar-refractivity contribution in [3.63, 3.8) is 0 Å². The molecule has 0 saturated heterocycles. The van der Waals surface area contributed by atoms with Crippen molar-refractivity contribution in [2.45, 2.75) is 39.3 Å². The molecule has 7 nitrogen and oxygen atoms in total. The number of amides is 1. The Balaban J connectivity index is 2.33. The van der Waals surface area contributed by atoms with E-state index in [-0.39, 0.29) is 23.5 Å². The first-order valence-electron chi connectivity index (χ1n) is 8.75. The molecule has 148 valence electrons. The van der Waals surface area contributed by atoms with E-state index in [9.17, 15) is 18.9 Å². The maximum absolute atomic E-state index is 13.1. The molecule has 28 heavy (non-hydrogen) atoms. The van der Waals surface area contributed by atoms with Crippen molar-refractivity contribution >= 4 is 17.7 Å². The smallest absolute Gasteiger partial charge is 0.415 e. The summed E-state index contributed by atoms with van der Waals surface area (Å²) in [6.07, 6.45) is 0.786. The Morgan fingerprint density at radius 1 is 1.21 bits per heavy atom. The van der Waals surface area contributed by atoms with Crippen molar-refractivity contribution in [3.05, 3.63) is 64.4 Å². The lowest BCUT2D eigenvalue weighted by molar-refractivity contribution is 0.0581. The highest BCUT2D eigenvalue weighted by Crippen LogP contribution is 2.26. The molecule has 1 atom stereocenters. The van der Waals surface area contributed by atoms with Crippen molar-refractivity contribution in [3.8, 4) is 0 Å². The number of pyridine rings is 1. The summed E-state index contributed by atoms with van der Waals surface area (Å²) in [4.78, 5) is 41.8. The molecule has 0 N–H and O–H groups in total. The van der Waals surface area contributed by atoms with Gasteiger partial charge in [-0.05, 0) is 69.7 Å². The highest BCUT2D eigenvalue weighted by atomic mass is 19.1. The molecule has 0 fully saturated rings. The SMILES string of the molecule is CCN(C(=O)OC(C)(C)C)c1cc(C(N=O)C(=O)c2ccc(F)cc2)ccn1. The molecule has 0 bridgehead atoms. The predicted molar refractivity (Wildman–Crippen MR) is 103 cm³/mol. The van der Waals surface area contributed by atoms with Crippen LogP contribution in [0.15, 0.2) is 47.8 Å². The van der Waals surface area contributed by atoms with E-state index < -0.39 is 29.3 Å². The summed E-state index contributed by atoms with van der Waals surface area (Å²) in [7, 11) is 0. The van der Waals surface area contributed by atoms with Crippen LogP contribution in [-0.2, 0) is 4.74 Å². The average Bonchev–Trinajstić information content (AvgIpc) is 2.62. The molecule has 0 aliphatic heterocycles. The fraction of sp³-hybridized carbons (Fsp3) is 0.350. The Kier molecular flexibility index (Phi) is 6.56. The van der Waals surface area contributed by atoms with Crippen LogP contribution in [0.4, 0.5) is 15.0 Å². The summed E-state index contributed by atoms with van der Waals surface area (Å²) < 4.78 is 18.4. The molecule has 0 radical (unpaired) electrons. The Bertz CT molecular complexity index is 862. The predicted octanol–water partition coefficient (Wildman–Crippen LogP) is 4.67. The van der Waals surface area contributed by atoms with Crippen LogP contribution in [0.2, 0.25) is 0 Å². The normalized spacial score (nSPS) is 12.2. The van der Waals surface area contributed by atoms with E-state index in [0.29, 0.717) is 0 Å². The summed E-state index contributed by atoms with van der Waals surface area (Å²) in [5.74, 6) is -0.836. The molecule has 1 aromatic carbocycles. The zero-order chi connectivity index (χ0) is 20.9. The number of benzene rings is 1. The first kappa shape index (κ1) is 21.1. The number of Topliss-reactive ketones (excluding diaryl/α,β-unsaturated/α-hetero) is 1. The number of halogens is 1. The number of anilines is 1. The van der Waals surface area contributed by atoms with Gasteiger partial charge in [-0.1, -0.05) is 5.18 Å². The van der Waals surface area contributed by atoms with Gasteiger partial charge in [-0.2, -0.15) is 0 Å². The molecular weight excluding hydrogens is 365 g/mol. The molecule has 1 unspecified atom stereocenters. The van der Waals surface area contributed by atoms with Gasteiger partial charge in [-0.25, -0.2) is 14.2 Å². The number of carbonyl (C=O) groups is 2. The largest absolute Gasteiger partial charge is 0.443 e. The monoisotopic (exact) mass is 387 g/mol. The second-order valence-corrected chi connectivity index (χ2v) is 7.05. The van der Waals surface area contributed by atoms with E-state index >= 15 is 0 Å². The number of hydrogen-bond donors (Lipinski definition) is 0. The van der Waals surface area contributed by atoms with Crippen LogP contribution in [0.3, 0.4) is 0 Å². The second-order valence-electron chi connectivity index (χ2n) is 7.05. The Hall–Kier alpha value is -3.16. The Labute approximate surface area is 162 Å². The first-order chi connectivity index (χ1) is 13.2. The van der Waals surface area contributed by atoms with Gasteiger partial charge in [-0.15, -0.1) is 4.91 Å². The van der Waals surface area contributed by atoms with Crippen LogP contribution in [0, 0.1) is 10.7 Å². The minimum atomic E-state index is -1.34. The third kappa shape index (κ3) is 5.18. The second kappa shape index (κ2) is 8.69. The molecule has 2 rings (SSSR count). The number of hydrogen-bond acceptors (Lipinski definition) is 6. The number of nitroso groups, excluding NO2 is 1. The first-order valence-corrected chi connectivity index (χ1v) is 8.75. The zero-order valence-corrected chi connectivity index (χ0v) is 16.2. The molecule has 0 aliphatic rings. The van der Waals surface area contributed by atoms with Gasteiger partial charge in [0.15, 0.2) is 11.8 Å². The molecule has 8 heteroatoms. The fourth-order valence-corrected chi connectivity index (χ4v) is 2.49. The summed E-state index contributed by atoms with van der Waals surface area (Å²) in [6.45, 7) is 7.26. The quantitative estimate of drug-likeness (QED) is 0.531. The highest BCUT2D eigenvalue weighted by molar-refractivity contribution is 6.01. The highest BCUT2D eigenvalue weighted by Gasteiger charge is 2.27. The van der Waals surface area contributed by atoms with Gasteiger partial charge in [0.1, 0.15) is 17.2 Å². The molecule has 1 aromatic heterocycles. The Morgan fingerprint density at radius 3 is 2.39 bits per heavy atom. The van der Waals surface area contributed by atoms with Gasteiger partial charge in [0, 0.05) is 18.3 Å². The maximum atomic E-state index is 13.1. The summed E-state index contributed by atoms with van der Waals surface area (Å²) in [5, 5.41) is 2.93. The number of carbonyl (C=O) groups excluding carboxylic acids is 2. The number of ether oxygens (including phenoxy) is 1. The van der Waals surface area contributed by atoms with E-state index in [2.05, 4.69) is 10.2 Å². The molecule has 0 spiro atoms. The van der Waals surface area contributed by atoms with Gasteiger partial charge >= 0.3 is 6.09 Å². The van der Waals surface area contributed by atoms with Crippen LogP contribution < -0.4 is 4.90 Å². The van der Waals surface area contributed by atoms with Crippen LogP contribution in [-0.4, -0.2) is 29.0 Å². The van der Waals surface area contributed by atoms with E-state index in [1.807, 2.05) is 0 Å². The molecule has 2 aromatic rings. The van der Waals surface area contributed by atoms with Crippen LogP contribution >= 0.6 is 0 Å². The number of nitrogens with zero attached hydrogens (tertiary/aromatic N) is 3. The minimum Gasteiger partial charge on any atom is -0.443 e. The third-order valence-electron chi connectivity index (χ3n) is 3.77. The van der Waals surface area contributed by atoms with E-state index in [1.165, 1.54) is 35.4 Å². The fourth-order valence-electron chi connectivity index (χ4n) is 2.49. The van der Waals surface area contributed by atoms with Gasteiger partial charge in [0.05, 0.1) is 0 Å². The van der Waals surface area contributed by atoms with Crippen molar-refractivity contribution in [2.24, 2.45) is 5.18 Å². The van der Waals surface area contributed by atoms with Crippen LogP contribution in [0.25, 0.3) is 0 Å². The number of ketones is 1. The van der Waals surface area contributed by atoms with Crippen molar-refractivity contribution in [1.29, 1.82) is 0 Å². The molecular formula is C20H22FN3O4. The van der Waals surface area contributed by atoms with Crippen molar-refractivity contribution < 1.29 is 18.7 Å². The van der Waals surface area contributed by atoms with Gasteiger partial charge in [0.25, 0.3) is 0 Å². The molecule has 1 heterocycles. The molecule has 1 amide bonds. The van der Waals surface area contributed by atoms with E-state index in [0.717, 1.165) is 12.1 Å². The molecule has 0 saturated carbocycles. The number of rotatable bonds is 6. The third-order valence-corrected chi connectivity index (χ3v) is 3.77. The van der Waals surface area contributed by atoms with Crippen LogP contribution in [0.5, 0.6) is 0 Å². The standard InChI is InChI=1S/C20H22FN3O4/c1-5-24(19(26)28-20(2,3)4)16-12-14(10-11-22-16)17(23-27)18(25)13-6-8-15(21)9-7-13/h6-12,17H,5H2,1-4H3. The van der Waals surface area contributed by atoms with Crippen LogP contribution in [0.1, 0.15) is 49.7 Å². The minimum absolute atomic E-state index is 0.156.